The third-order valence-electron chi connectivity index (χ3n) is 2.81. The zero-order valence-corrected chi connectivity index (χ0v) is 11.9. The van der Waals surface area contributed by atoms with Crippen LogP contribution in [0.1, 0.15) is 11.3 Å². The Morgan fingerprint density at radius 1 is 1.18 bits per heavy atom. The van der Waals surface area contributed by atoms with Crippen molar-refractivity contribution < 1.29 is 21.6 Å². The van der Waals surface area contributed by atoms with Crippen LogP contribution in [0.15, 0.2) is 41.4 Å². The van der Waals surface area contributed by atoms with Crippen molar-refractivity contribution in [3.05, 3.63) is 47.8 Å². The van der Waals surface area contributed by atoms with Crippen molar-refractivity contribution in [3.8, 4) is 6.07 Å². The second kappa shape index (κ2) is 5.81. The Hall–Kier alpha value is -2.34. The fraction of sp³-hybridized carbons (Fsp3) is 0.231. The molecule has 116 valence electrons. The standard InChI is InChI=1S/C13H10F3N3O2S/c14-13(15,16)9-19-11(5-6-18-19)8-22(20,21)12-3-1-10(7-17)2-4-12/h1-6H,8-9H2. The lowest BCUT2D eigenvalue weighted by Gasteiger charge is -2.10. The van der Waals surface area contributed by atoms with Gasteiger partial charge in [0.05, 0.1) is 28.0 Å². The van der Waals surface area contributed by atoms with Gasteiger partial charge in [-0.1, -0.05) is 0 Å². The molecule has 0 saturated carbocycles. The van der Waals surface area contributed by atoms with Crippen molar-refractivity contribution >= 4 is 9.84 Å². The minimum Gasteiger partial charge on any atom is -0.259 e. The molecule has 2 rings (SSSR count). The van der Waals surface area contributed by atoms with Crippen LogP contribution in [-0.4, -0.2) is 24.4 Å². The average Bonchev–Trinajstić information content (AvgIpc) is 2.83. The molecule has 0 bridgehead atoms. The molecule has 9 heteroatoms. The van der Waals surface area contributed by atoms with Gasteiger partial charge in [-0.3, -0.25) is 4.68 Å². The van der Waals surface area contributed by atoms with Gasteiger partial charge in [0.1, 0.15) is 6.54 Å². The zero-order valence-electron chi connectivity index (χ0n) is 11.1. The minimum absolute atomic E-state index is 0.0540. The average molecular weight is 329 g/mol. The highest BCUT2D eigenvalue weighted by Gasteiger charge is 2.30. The molecule has 1 aromatic heterocycles. The van der Waals surface area contributed by atoms with Crippen LogP contribution >= 0.6 is 0 Å². The largest absolute Gasteiger partial charge is 0.408 e. The number of benzene rings is 1. The Balaban J connectivity index is 2.26. The quantitative estimate of drug-likeness (QED) is 0.862. The van der Waals surface area contributed by atoms with E-state index >= 15 is 0 Å². The van der Waals surface area contributed by atoms with Gasteiger partial charge < -0.3 is 0 Å². The molecule has 0 spiro atoms. The van der Waals surface area contributed by atoms with E-state index in [0.29, 0.717) is 10.2 Å². The molecule has 1 heterocycles. The fourth-order valence-electron chi connectivity index (χ4n) is 1.81. The molecule has 0 aliphatic carbocycles. The van der Waals surface area contributed by atoms with Gasteiger partial charge in [0, 0.05) is 6.20 Å². The van der Waals surface area contributed by atoms with Crippen LogP contribution in [0.25, 0.3) is 0 Å². The highest BCUT2D eigenvalue weighted by molar-refractivity contribution is 7.90. The van der Waals surface area contributed by atoms with Gasteiger partial charge in [0.25, 0.3) is 0 Å². The van der Waals surface area contributed by atoms with E-state index in [4.69, 9.17) is 5.26 Å². The van der Waals surface area contributed by atoms with E-state index in [2.05, 4.69) is 5.10 Å². The third kappa shape index (κ3) is 3.85. The van der Waals surface area contributed by atoms with Gasteiger partial charge in [-0.2, -0.15) is 23.5 Å². The molecule has 5 nitrogen and oxygen atoms in total. The van der Waals surface area contributed by atoms with E-state index in [1.54, 1.807) is 0 Å². The number of nitrogens with zero attached hydrogens (tertiary/aromatic N) is 3. The molecule has 22 heavy (non-hydrogen) atoms. The van der Waals surface area contributed by atoms with E-state index in [1.165, 1.54) is 30.3 Å². The summed E-state index contributed by atoms with van der Waals surface area (Å²) in [4.78, 5) is -0.0636. The first-order chi connectivity index (χ1) is 10.2. The summed E-state index contributed by atoms with van der Waals surface area (Å²) >= 11 is 0. The van der Waals surface area contributed by atoms with Crippen molar-refractivity contribution in [2.24, 2.45) is 0 Å². The van der Waals surface area contributed by atoms with E-state index < -0.39 is 28.3 Å². The summed E-state index contributed by atoms with van der Waals surface area (Å²) in [7, 11) is -3.82. The summed E-state index contributed by atoms with van der Waals surface area (Å²) in [5.74, 6) is -0.602. The first kappa shape index (κ1) is 16.0. The summed E-state index contributed by atoms with van der Waals surface area (Å²) in [5.41, 5.74) is 0.239. The first-order valence-corrected chi connectivity index (χ1v) is 7.67. The van der Waals surface area contributed by atoms with Crippen LogP contribution in [0.4, 0.5) is 13.2 Å². The predicted molar refractivity (Wildman–Crippen MR) is 70.3 cm³/mol. The number of aromatic nitrogens is 2. The van der Waals surface area contributed by atoms with Crippen LogP contribution in [0, 0.1) is 11.3 Å². The Kier molecular flexibility index (Phi) is 4.23. The summed E-state index contributed by atoms with van der Waals surface area (Å²) < 4.78 is 62.2. The molecular weight excluding hydrogens is 319 g/mol. The molecule has 2 aromatic rings. The third-order valence-corrected chi connectivity index (χ3v) is 4.48. The van der Waals surface area contributed by atoms with Gasteiger partial charge in [-0.05, 0) is 30.3 Å². The summed E-state index contributed by atoms with van der Waals surface area (Å²) in [6, 6.07) is 8.24. The molecular formula is C13H10F3N3O2S. The molecule has 0 saturated heterocycles. The molecule has 0 unspecified atom stereocenters. The number of nitriles is 1. The van der Waals surface area contributed by atoms with Crippen molar-refractivity contribution in [2.75, 3.05) is 0 Å². The molecule has 0 fully saturated rings. The zero-order chi connectivity index (χ0) is 16.4. The molecule has 1 aromatic carbocycles. The highest BCUT2D eigenvalue weighted by Crippen LogP contribution is 2.21. The van der Waals surface area contributed by atoms with Gasteiger partial charge in [-0.15, -0.1) is 0 Å². The molecule has 0 aliphatic rings. The number of hydrogen-bond acceptors (Lipinski definition) is 4. The summed E-state index contributed by atoms with van der Waals surface area (Å²) in [5, 5.41) is 12.2. The lowest BCUT2D eigenvalue weighted by Crippen LogP contribution is -2.21. The summed E-state index contributed by atoms with van der Waals surface area (Å²) in [6.07, 6.45) is -3.37. The van der Waals surface area contributed by atoms with Gasteiger partial charge in [0.15, 0.2) is 9.84 Å². The number of hydrogen-bond donors (Lipinski definition) is 0. The Morgan fingerprint density at radius 3 is 2.36 bits per heavy atom. The Labute approximate surface area is 124 Å². The van der Waals surface area contributed by atoms with Crippen molar-refractivity contribution in [1.82, 2.24) is 9.78 Å². The SMILES string of the molecule is N#Cc1ccc(S(=O)(=O)Cc2ccnn2CC(F)(F)F)cc1. The maximum atomic E-state index is 12.4. The number of alkyl halides is 3. The fourth-order valence-corrected chi connectivity index (χ4v) is 3.16. The predicted octanol–water partition coefficient (Wildman–Crippen LogP) is 2.29. The van der Waals surface area contributed by atoms with Crippen LogP contribution < -0.4 is 0 Å². The first-order valence-electron chi connectivity index (χ1n) is 6.02. The number of sulfone groups is 1. The van der Waals surface area contributed by atoms with Crippen LogP contribution in [0.3, 0.4) is 0 Å². The Bertz CT molecular complexity index is 802. The highest BCUT2D eigenvalue weighted by atomic mass is 32.2. The van der Waals surface area contributed by atoms with E-state index in [0.717, 1.165) is 6.20 Å². The van der Waals surface area contributed by atoms with Crippen molar-refractivity contribution in [1.29, 1.82) is 5.26 Å². The molecule has 0 aliphatic heterocycles. The second-order valence-electron chi connectivity index (χ2n) is 4.49. The Morgan fingerprint density at radius 2 is 1.82 bits per heavy atom. The second-order valence-corrected chi connectivity index (χ2v) is 6.48. The van der Waals surface area contributed by atoms with E-state index in [9.17, 15) is 21.6 Å². The lowest BCUT2D eigenvalue weighted by atomic mass is 10.2. The minimum atomic E-state index is -4.49. The van der Waals surface area contributed by atoms with Crippen LogP contribution in [0.2, 0.25) is 0 Å². The smallest absolute Gasteiger partial charge is 0.259 e. The molecule has 0 N–H and O–H groups in total. The lowest BCUT2D eigenvalue weighted by molar-refractivity contribution is -0.142. The topological polar surface area (TPSA) is 75.8 Å². The van der Waals surface area contributed by atoms with E-state index in [-0.39, 0.29) is 10.6 Å². The summed E-state index contributed by atoms with van der Waals surface area (Å²) in [6.45, 7) is -1.35. The normalized spacial score (nSPS) is 12.1. The monoisotopic (exact) mass is 329 g/mol. The number of halogens is 3. The number of rotatable bonds is 4. The van der Waals surface area contributed by atoms with Crippen molar-refractivity contribution in [3.63, 3.8) is 0 Å². The van der Waals surface area contributed by atoms with Crippen LogP contribution in [-0.2, 0) is 22.1 Å². The maximum Gasteiger partial charge on any atom is 0.408 e. The van der Waals surface area contributed by atoms with Gasteiger partial charge in [0.2, 0.25) is 0 Å². The van der Waals surface area contributed by atoms with Crippen molar-refractivity contribution in [2.45, 2.75) is 23.4 Å². The van der Waals surface area contributed by atoms with E-state index in [1.807, 2.05) is 6.07 Å². The van der Waals surface area contributed by atoms with Crippen LogP contribution in [0.5, 0.6) is 0 Å². The maximum absolute atomic E-state index is 12.4. The molecule has 0 amide bonds. The molecule has 0 radical (unpaired) electrons. The van der Waals surface area contributed by atoms with Gasteiger partial charge >= 0.3 is 6.18 Å². The van der Waals surface area contributed by atoms with Gasteiger partial charge in [-0.25, -0.2) is 8.42 Å². The molecule has 0 atom stereocenters.